The molecule has 0 spiro atoms. The van der Waals surface area contributed by atoms with E-state index in [1.807, 2.05) is 0 Å². The molecule has 0 unspecified atom stereocenters. The van der Waals surface area contributed by atoms with E-state index in [2.05, 4.69) is 241 Å². The van der Waals surface area contributed by atoms with Gasteiger partial charge in [0.1, 0.15) is 0 Å². The normalized spacial score (nSPS) is 13.6. The Morgan fingerprint density at radius 1 is 0.350 bits per heavy atom. The standard InChI is InChI=1S/C57H42N2S/c1-57(2)51-31-13-9-27-45(51)49-35-36-50-48-30-12-16-34-54(48)59(56(50)55(49)57)40-20-18-26-44(38-40)60(41-21-5-3-6-22-41,42-23-7-4-8-24-42)43-25-17-19-39(37-43)58-52-32-14-10-28-46(52)47-29-11-15-33-53(47)58/h3-38H,1-2H3. The average molecular weight is 787 g/mol. The van der Waals surface area contributed by atoms with Gasteiger partial charge in [-0.2, -0.15) is 0 Å². The number of hydrogen-bond donors (Lipinski definition) is 0. The van der Waals surface area contributed by atoms with Gasteiger partial charge in [-0.3, -0.25) is 0 Å². The lowest BCUT2D eigenvalue weighted by molar-refractivity contribution is 0.664. The van der Waals surface area contributed by atoms with Gasteiger partial charge < -0.3 is 9.13 Å². The molecule has 0 N–H and O–H groups in total. The van der Waals surface area contributed by atoms with Crippen LogP contribution in [0.1, 0.15) is 25.0 Å². The predicted molar refractivity (Wildman–Crippen MR) is 253 cm³/mol. The fourth-order valence-electron chi connectivity index (χ4n) is 10.5. The van der Waals surface area contributed by atoms with Crippen molar-refractivity contribution in [2.24, 2.45) is 0 Å². The lowest BCUT2D eigenvalue weighted by Crippen LogP contribution is -2.16. The van der Waals surface area contributed by atoms with Gasteiger partial charge in [-0.15, -0.1) is 10.0 Å². The van der Waals surface area contributed by atoms with Crippen molar-refractivity contribution in [2.75, 3.05) is 0 Å². The van der Waals surface area contributed by atoms with E-state index in [0.717, 1.165) is 5.69 Å². The Hall–Kier alpha value is -7.07. The molecule has 2 aromatic heterocycles. The van der Waals surface area contributed by atoms with Crippen molar-refractivity contribution >= 4 is 53.6 Å². The summed E-state index contributed by atoms with van der Waals surface area (Å²) in [4.78, 5) is 5.17. The van der Waals surface area contributed by atoms with Crippen LogP contribution >= 0.6 is 10.0 Å². The minimum atomic E-state index is -2.06. The van der Waals surface area contributed by atoms with Crippen molar-refractivity contribution in [1.29, 1.82) is 0 Å². The van der Waals surface area contributed by atoms with Crippen LogP contribution in [0.2, 0.25) is 0 Å². The van der Waals surface area contributed by atoms with Crippen molar-refractivity contribution in [3.63, 3.8) is 0 Å². The molecule has 2 nitrogen and oxygen atoms in total. The van der Waals surface area contributed by atoms with Crippen LogP contribution in [-0.2, 0) is 5.41 Å². The molecular formula is C57H42N2S. The van der Waals surface area contributed by atoms with E-state index in [-0.39, 0.29) is 5.41 Å². The zero-order valence-electron chi connectivity index (χ0n) is 33.6. The summed E-state index contributed by atoms with van der Waals surface area (Å²) in [6.45, 7) is 4.80. The van der Waals surface area contributed by atoms with Crippen molar-refractivity contribution < 1.29 is 0 Å². The van der Waals surface area contributed by atoms with Gasteiger partial charge in [-0.25, -0.2) is 0 Å². The van der Waals surface area contributed by atoms with E-state index in [9.17, 15) is 0 Å². The summed E-state index contributed by atoms with van der Waals surface area (Å²) in [5.74, 6) is 0. The van der Waals surface area contributed by atoms with E-state index in [1.165, 1.54) is 91.1 Å². The molecule has 12 rings (SSSR count). The SMILES string of the molecule is CC1(C)c2ccccc2-c2ccc3c4ccccc4n(-c4cccc(S(c5ccccc5)(c5ccccc5)c5cccc(-n6c7ccccc7c7ccccc76)c5)c4)c3c21. The summed E-state index contributed by atoms with van der Waals surface area (Å²) in [5.41, 5.74) is 12.5. The van der Waals surface area contributed by atoms with Gasteiger partial charge in [0.15, 0.2) is 0 Å². The van der Waals surface area contributed by atoms with E-state index >= 15 is 0 Å². The first kappa shape index (κ1) is 34.9. The van der Waals surface area contributed by atoms with Gasteiger partial charge in [0.2, 0.25) is 0 Å². The molecule has 11 aromatic rings. The van der Waals surface area contributed by atoms with Crippen LogP contribution in [0.3, 0.4) is 0 Å². The highest BCUT2D eigenvalue weighted by molar-refractivity contribution is 8.34. The molecule has 2 heterocycles. The number of aromatic nitrogens is 2. The van der Waals surface area contributed by atoms with Crippen LogP contribution in [0, 0.1) is 0 Å². The minimum Gasteiger partial charge on any atom is -0.309 e. The first-order valence-electron chi connectivity index (χ1n) is 20.8. The van der Waals surface area contributed by atoms with Gasteiger partial charge in [0.25, 0.3) is 0 Å². The zero-order valence-corrected chi connectivity index (χ0v) is 34.4. The molecule has 9 aromatic carbocycles. The van der Waals surface area contributed by atoms with E-state index in [0.29, 0.717) is 0 Å². The summed E-state index contributed by atoms with van der Waals surface area (Å²) in [7, 11) is -2.06. The maximum Gasteiger partial charge on any atom is 0.0588 e. The van der Waals surface area contributed by atoms with E-state index < -0.39 is 10.0 Å². The number of nitrogens with zero attached hydrogens (tertiary/aromatic N) is 2. The fourth-order valence-corrected chi connectivity index (χ4v) is 14.4. The predicted octanol–water partition coefficient (Wildman–Crippen LogP) is 15.5. The first-order chi connectivity index (χ1) is 29.5. The van der Waals surface area contributed by atoms with E-state index in [4.69, 9.17) is 0 Å². The van der Waals surface area contributed by atoms with Crippen LogP contribution in [-0.4, -0.2) is 9.13 Å². The quantitative estimate of drug-likeness (QED) is 0.159. The molecule has 1 aliphatic rings. The lowest BCUT2D eigenvalue weighted by Gasteiger charge is -2.42. The molecule has 0 fully saturated rings. The summed E-state index contributed by atoms with van der Waals surface area (Å²) in [6, 6.07) is 81.6. The fraction of sp³-hybridized carbons (Fsp3) is 0.0526. The van der Waals surface area contributed by atoms with Crippen molar-refractivity contribution in [3.8, 4) is 22.5 Å². The lowest BCUT2D eigenvalue weighted by atomic mass is 9.81. The molecule has 0 atom stereocenters. The topological polar surface area (TPSA) is 9.86 Å². The third kappa shape index (κ3) is 4.84. The van der Waals surface area contributed by atoms with Crippen LogP contribution in [0.25, 0.3) is 66.1 Å². The molecular weight excluding hydrogens is 745 g/mol. The Balaban J connectivity index is 1.16. The highest BCUT2D eigenvalue weighted by Gasteiger charge is 2.39. The van der Waals surface area contributed by atoms with Crippen molar-refractivity contribution in [3.05, 3.63) is 230 Å². The smallest absolute Gasteiger partial charge is 0.0588 e. The van der Waals surface area contributed by atoms with Crippen LogP contribution in [0.15, 0.2) is 238 Å². The number of benzene rings is 9. The Bertz CT molecular complexity index is 3370. The summed E-state index contributed by atoms with van der Waals surface area (Å²) in [6.07, 6.45) is 0. The van der Waals surface area contributed by atoms with Crippen molar-refractivity contribution in [1.82, 2.24) is 9.13 Å². The van der Waals surface area contributed by atoms with Crippen molar-refractivity contribution in [2.45, 2.75) is 38.8 Å². The van der Waals surface area contributed by atoms with Gasteiger partial charge in [-0.05, 0) is 101 Å². The van der Waals surface area contributed by atoms with Gasteiger partial charge in [0.05, 0.1) is 22.1 Å². The number of para-hydroxylation sites is 3. The zero-order chi connectivity index (χ0) is 40.0. The molecule has 0 aliphatic heterocycles. The number of rotatable bonds is 6. The molecule has 286 valence electrons. The molecule has 1 aliphatic carbocycles. The molecule has 0 bridgehead atoms. The Morgan fingerprint density at radius 2 is 0.800 bits per heavy atom. The van der Waals surface area contributed by atoms with Crippen LogP contribution in [0.4, 0.5) is 0 Å². The molecule has 0 amide bonds. The monoisotopic (exact) mass is 786 g/mol. The number of fused-ring (bicyclic) bond motifs is 10. The molecule has 0 saturated carbocycles. The Morgan fingerprint density at radius 3 is 1.38 bits per heavy atom. The Labute approximate surface area is 351 Å². The van der Waals surface area contributed by atoms with Crippen LogP contribution in [0.5, 0.6) is 0 Å². The molecule has 0 radical (unpaired) electrons. The summed E-state index contributed by atoms with van der Waals surface area (Å²) < 4.78 is 5.01. The molecule has 3 heteroatoms. The maximum atomic E-state index is 2.56. The Kier molecular flexibility index (Phi) is 7.70. The second-order valence-electron chi connectivity index (χ2n) is 16.5. The van der Waals surface area contributed by atoms with Gasteiger partial charge in [0, 0.05) is 57.9 Å². The first-order valence-corrected chi connectivity index (χ1v) is 22.5. The minimum absolute atomic E-state index is 0.175. The van der Waals surface area contributed by atoms with Crippen LogP contribution < -0.4 is 0 Å². The second kappa shape index (κ2) is 13.2. The molecule has 0 saturated heterocycles. The summed E-state index contributed by atoms with van der Waals surface area (Å²) in [5, 5.41) is 5.09. The van der Waals surface area contributed by atoms with E-state index in [1.54, 1.807) is 0 Å². The second-order valence-corrected chi connectivity index (χ2v) is 19.6. The average Bonchev–Trinajstić information content (AvgIpc) is 3.91. The third-order valence-electron chi connectivity index (χ3n) is 13.0. The largest absolute Gasteiger partial charge is 0.309 e. The maximum absolute atomic E-state index is 2.56. The highest BCUT2D eigenvalue weighted by atomic mass is 32.3. The highest BCUT2D eigenvalue weighted by Crippen LogP contribution is 2.73. The summed E-state index contributed by atoms with van der Waals surface area (Å²) >= 11 is 0. The van der Waals surface area contributed by atoms with Gasteiger partial charge >= 0.3 is 0 Å². The number of hydrogen-bond acceptors (Lipinski definition) is 0. The molecule has 60 heavy (non-hydrogen) atoms. The van der Waals surface area contributed by atoms with Gasteiger partial charge in [-0.1, -0.05) is 153 Å². The third-order valence-corrected chi connectivity index (χ3v) is 16.9.